The summed E-state index contributed by atoms with van der Waals surface area (Å²) in [6.07, 6.45) is 4.19. The maximum absolute atomic E-state index is 5.43. The van der Waals surface area contributed by atoms with E-state index >= 15 is 0 Å². The van der Waals surface area contributed by atoms with Crippen LogP contribution in [-0.2, 0) is 13.1 Å². The van der Waals surface area contributed by atoms with Crippen molar-refractivity contribution < 1.29 is 4.52 Å². The minimum absolute atomic E-state index is 0.435. The van der Waals surface area contributed by atoms with Gasteiger partial charge in [-0.25, -0.2) is 0 Å². The van der Waals surface area contributed by atoms with Crippen molar-refractivity contribution in [3.05, 3.63) is 34.9 Å². The van der Waals surface area contributed by atoms with Crippen molar-refractivity contribution in [2.24, 2.45) is 0 Å². The van der Waals surface area contributed by atoms with E-state index in [1.807, 2.05) is 19.2 Å². The zero-order chi connectivity index (χ0) is 18.1. The average Bonchev–Trinajstić information content (AvgIpc) is 3.37. The molecule has 0 saturated carbocycles. The maximum Gasteiger partial charge on any atom is 0.180 e. The van der Waals surface area contributed by atoms with E-state index in [-0.39, 0.29) is 0 Å². The summed E-state index contributed by atoms with van der Waals surface area (Å²) in [4.78, 5) is 3.54. The first-order valence-electron chi connectivity index (χ1n) is 9.15. The van der Waals surface area contributed by atoms with E-state index < -0.39 is 0 Å². The van der Waals surface area contributed by atoms with Crippen LogP contribution in [0.1, 0.15) is 48.3 Å². The van der Waals surface area contributed by atoms with Crippen LogP contribution in [0.5, 0.6) is 0 Å². The fraction of sp³-hybridized carbons (Fsp3) is 0.556. The van der Waals surface area contributed by atoms with E-state index in [9.17, 15) is 0 Å². The van der Waals surface area contributed by atoms with E-state index in [0.29, 0.717) is 5.92 Å². The summed E-state index contributed by atoms with van der Waals surface area (Å²) in [6, 6.07) is 1.96. The van der Waals surface area contributed by atoms with E-state index in [2.05, 4.69) is 43.3 Å². The number of piperidine rings is 1. The van der Waals surface area contributed by atoms with Gasteiger partial charge in [-0.1, -0.05) is 9.64 Å². The highest BCUT2D eigenvalue weighted by Gasteiger charge is 2.27. The van der Waals surface area contributed by atoms with Crippen molar-refractivity contribution >= 4 is 11.5 Å². The molecule has 1 saturated heterocycles. The van der Waals surface area contributed by atoms with Crippen LogP contribution in [0.15, 0.2) is 16.8 Å². The quantitative estimate of drug-likeness (QED) is 0.683. The lowest BCUT2D eigenvalue weighted by Gasteiger charge is -2.31. The van der Waals surface area contributed by atoms with Crippen LogP contribution >= 0.6 is 11.5 Å². The van der Waals surface area contributed by atoms with Crippen LogP contribution in [0.25, 0.3) is 10.6 Å². The normalized spacial score (nSPS) is 16.4. The van der Waals surface area contributed by atoms with Crippen LogP contribution in [-0.4, -0.2) is 42.5 Å². The minimum atomic E-state index is 0.435. The van der Waals surface area contributed by atoms with Crippen LogP contribution in [0.4, 0.5) is 0 Å². The second kappa shape index (κ2) is 7.28. The van der Waals surface area contributed by atoms with Gasteiger partial charge in [-0.3, -0.25) is 9.58 Å². The van der Waals surface area contributed by atoms with Crippen LogP contribution in [0.2, 0.25) is 0 Å². The highest BCUT2D eigenvalue weighted by molar-refractivity contribution is 7.09. The number of aryl methyl sites for hydroxylation is 2. The molecule has 4 heterocycles. The molecule has 1 aliphatic heterocycles. The van der Waals surface area contributed by atoms with Crippen molar-refractivity contribution in [3.8, 4) is 10.6 Å². The van der Waals surface area contributed by atoms with Gasteiger partial charge in [-0.2, -0.15) is 5.10 Å². The molecule has 0 unspecified atom stereocenters. The number of hydrogen-bond donors (Lipinski definition) is 0. The van der Waals surface area contributed by atoms with Gasteiger partial charge >= 0.3 is 0 Å². The third-order valence-corrected chi connectivity index (χ3v) is 5.99. The van der Waals surface area contributed by atoms with E-state index in [1.165, 1.54) is 22.8 Å². The molecule has 0 atom stereocenters. The third kappa shape index (κ3) is 3.31. The minimum Gasteiger partial charge on any atom is -0.355 e. The highest BCUT2D eigenvalue weighted by atomic mass is 32.1. The Hall–Kier alpha value is -2.06. The second-order valence-electron chi connectivity index (χ2n) is 6.94. The molecule has 26 heavy (non-hydrogen) atoms. The predicted octanol–water partition coefficient (Wildman–Crippen LogP) is 3.41. The molecule has 0 aliphatic carbocycles. The lowest BCUT2D eigenvalue weighted by Crippen LogP contribution is -2.32. The Morgan fingerprint density at radius 1 is 1.27 bits per heavy atom. The smallest absolute Gasteiger partial charge is 0.180 e. The van der Waals surface area contributed by atoms with Gasteiger partial charge < -0.3 is 4.52 Å². The van der Waals surface area contributed by atoms with Crippen molar-refractivity contribution in [3.63, 3.8) is 0 Å². The van der Waals surface area contributed by atoms with Gasteiger partial charge in [0.2, 0.25) is 0 Å². The number of rotatable bonds is 5. The Morgan fingerprint density at radius 3 is 2.73 bits per heavy atom. The highest BCUT2D eigenvalue weighted by Crippen LogP contribution is 2.36. The Kier molecular flexibility index (Phi) is 4.86. The van der Waals surface area contributed by atoms with Crippen LogP contribution in [0, 0.1) is 13.8 Å². The molecule has 7 nitrogen and oxygen atoms in total. The molecule has 0 amide bonds. The summed E-state index contributed by atoms with van der Waals surface area (Å²) in [7, 11) is 0. The van der Waals surface area contributed by atoms with Gasteiger partial charge in [-0.15, -0.1) is 5.10 Å². The molecule has 8 heteroatoms. The summed E-state index contributed by atoms with van der Waals surface area (Å²) in [6.45, 7) is 10.2. The molecule has 0 aromatic carbocycles. The fourth-order valence-electron chi connectivity index (χ4n) is 3.67. The Labute approximate surface area is 157 Å². The SMILES string of the molecule is CCn1ncc(CN2CCC(c3nnsc3-c3cc(C)no3)CC2)c1C. The molecule has 4 rings (SSSR count). The number of nitrogens with zero attached hydrogens (tertiary/aromatic N) is 6. The van der Waals surface area contributed by atoms with Gasteiger partial charge in [0.05, 0.1) is 17.6 Å². The summed E-state index contributed by atoms with van der Waals surface area (Å²) in [5.74, 6) is 1.22. The van der Waals surface area contributed by atoms with Gasteiger partial charge in [0, 0.05) is 36.3 Å². The fourth-order valence-corrected chi connectivity index (χ4v) is 4.37. The van der Waals surface area contributed by atoms with Crippen molar-refractivity contribution in [2.45, 2.75) is 52.6 Å². The summed E-state index contributed by atoms with van der Waals surface area (Å²) in [5.41, 5.74) is 4.57. The molecule has 0 bridgehead atoms. The molecule has 138 valence electrons. The first-order valence-corrected chi connectivity index (χ1v) is 9.92. The molecule has 0 spiro atoms. The molecule has 1 fully saturated rings. The number of likely N-dealkylation sites (tertiary alicyclic amines) is 1. The Morgan fingerprint density at radius 2 is 2.08 bits per heavy atom. The monoisotopic (exact) mass is 372 g/mol. The predicted molar refractivity (Wildman–Crippen MR) is 100 cm³/mol. The zero-order valence-corrected chi connectivity index (χ0v) is 16.3. The molecular formula is C18H24N6OS. The van der Waals surface area contributed by atoms with Crippen molar-refractivity contribution in [1.29, 1.82) is 0 Å². The van der Waals surface area contributed by atoms with E-state index in [4.69, 9.17) is 4.52 Å². The van der Waals surface area contributed by atoms with Crippen LogP contribution < -0.4 is 0 Å². The average molecular weight is 372 g/mol. The summed E-state index contributed by atoms with van der Waals surface area (Å²) >= 11 is 1.40. The maximum atomic E-state index is 5.43. The van der Waals surface area contributed by atoms with E-state index in [0.717, 1.165) is 61.0 Å². The number of hydrogen-bond acceptors (Lipinski definition) is 7. The topological polar surface area (TPSA) is 72.9 Å². The summed E-state index contributed by atoms with van der Waals surface area (Å²) < 4.78 is 11.7. The third-order valence-electron chi connectivity index (χ3n) is 5.24. The first kappa shape index (κ1) is 17.4. The molecule has 3 aromatic heterocycles. The largest absolute Gasteiger partial charge is 0.355 e. The molecule has 3 aromatic rings. The Balaban J connectivity index is 1.41. The molecular weight excluding hydrogens is 348 g/mol. The van der Waals surface area contributed by atoms with Crippen molar-refractivity contribution in [2.75, 3.05) is 13.1 Å². The van der Waals surface area contributed by atoms with Crippen molar-refractivity contribution in [1.82, 2.24) is 29.4 Å². The van der Waals surface area contributed by atoms with E-state index in [1.54, 1.807) is 0 Å². The molecule has 0 N–H and O–H groups in total. The lowest BCUT2D eigenvalue weighted by molar-refractivity contribution is 0.203. The van der Waals surface area contributed by atoms with Gasteiger partial charge in [0.25, 0.3) is 0 Å². The number of aromatic nitrogens is 5. The first-order chi connectivity index (χ1) is 12.7. The zero-order valence-electron chi connectivity index (χ0n) is 15.5. The standard InChI is InChI=1S/C18H24N6OS/c1-4-24-13(3)15(10-19-24)11-23-7-5-14(6-8-23)17-18(26-22-20-17)16-9-12(2)21-25-16/h9-10,14H,4-8,11H2,1-3H3. The Bertz CT molecular complexity index is 874. The van der Waals surface area contributed by atoms with Gasteiger partial charge in [0.15, 0.2) is 5.76 Å². The summed E-state index contributed by atoms with van der Waals surface area (Å²) in [5, 5.41) is 12.9. The van der Waals surface area contributed by atoms with Gasteiger partial charge in [0.1, 0.15) is 4.88 Å². The molecule has 0 radical (unpaired) electrons. The lowest BCUT2D eigenvalue weighted by atomic mass is 9.92. The molecule has 1 aliphatic rings. The van der Waals surface area contributed by atoms with Gasteiger partial charge in [-0.05, 0) is 58.2 Å². The second-order valence-corrected chi connectivity index (χ2v) is 7.70. The van der Waals surface area contributed by atoms with Crippen LogP contribution in [0.3, 0.4) is 0 Å².